The predicted octanol–water partition coefficient (Wildman–Crippen LogP) is 3.58. The molecule has 0 aromatic carbocycles. The highest BCUT2D eigenvalue weighted by Gasteiger charge is 2.10. The number of hydrogen-bond acceptors (Lipinski definition) is 0. The molecule has 0 spiro atoms. The van der Waals surface area contributed by atoms with Gasteiger partial charge in [0.05, 0.1) is 0 Å². The SMILES string of the molecule is CC(Br)CC(Br)C(C)C. The molecule has 0 heterocycles. The van der Waals surface area contributed by atoms with Crippen molar-refractivity contribution in [1.82, 2.24) is 0 Å². The maximum Gasteiger partial charge on any atom is 0.0179 e. The van der Waals surface area contributed by atoms with Gasteiger partial charge >= 0.3 is 0 Å². The smallest absolute Gasteiger partial charge is 0.0179 e. The van der Waals surface area contributed by atoms with Crippen LogP contribution in [0.15, 0.2) is 0 Å². The lowest BCUT2D eigenvalue weighted by Crippen LogP contribution is -2.10. The van der Waals surface area contributed by atoms with Crippen LogP contribution in [0.2, 0.25) is 0 Å². The quantitative estimate of drug-likeness (QED) is 0.678. The number of alkyl halides is 2. The first-order valence-corrected chi connectivity index (χ1v) is 5.15. The van der Waals surface area contributed by atoms with Crippen LogP contribution in [0.4, 0.5) is 0 Å². The molecule has 0 radical (unpaired) electrons. The fourth-order valence-corrected chi connectivity index (χ4v) is 2.05. The third-order valence-electron chi connectivity index (χ3n) is 1.27. The second-order valence-electron chi connectivity index (χ2n) is 2.78. The standard InChI is InChI=1S/C7H14Br2/c1-5(2)7(9)4-6(3)8/h5-7H,4H2,1-3H3. The molecule has 2 atom stereocenters. The van der Waals surface area contributed by atoms with Gasteiger partial charge in [-0.15, -0.1) is 0 Å². The second kappa shape index (κ2) is 4.73. The predicted molar refractivity (Wildman–Crippen MR) is 50.6 cm³/mol. The molecule has 0 aliphatic rings. The second-order valence-corrected chi connectivity index (χ2v) is 5.52. The van der Waals surface area contributed by atoms with Gasteiger partial charge in [0.2, 0.25) is 0 Å². The molecule has 56 valence electrons. The van der Waals surface area contributed by atoms with E-state index in [1.807, 2.05) is 0 Å². The van der Waals surface area contributed by atoms with Crippen LogP contribution in [-0.2, 0) is 0 Å². The van der Waals surface area contributed by atoms with Crippen molar-refractivity contribution in [2.75, 3.05) is 0 Å². The van der Waals surface area contributed by atoms with Gasteiger partial charge in [0, 0.05) is 9.65 Å². The highest BCUT2D eigenvalue weighted by atomic mass is 79.9. The topological polar surface area (TPSA) is 0 Å². The highest BCUT2D eigenvalue weighted by Crippen LogP contribution is 2.20. The van der Waals surface area contributed by atoms with Gasteiger partial charge in [0.15, 0.2) is 0 Å². The van der Waals surface area contributed by atoms with Gasteiger partial charge < -0.3 is 0 Å². The maximum absolute atomic E-state index is 3.61. The third kappa shape index (κ3) is 5.41. The summed E-state index contributed by atoms with van der Waals surface area (Å²) < 4.78 is 0. The summed E-state index contributed by atoms with van der Waals surface area (Å²) in [6, 6.07) is 0. The number of rotatable bonds is 3. The van der Waals surface area contributed by atoms with Gasteiger partial charge in [-0.05, 0) is 12.3 Å². The van der Waals surface area contributed by atoms with Crippen molar-refractivity contribution >= 4 is 31.9 Å². The van der Waals surface area contributed by atoms with Gasteiger partial charge in [-0.3, -0.25) is 0 Å². The van der Waals surface area contributed by atoms with Gasteiger partial charge in [-0.2, -0.15) is 0 Å². The summed E-state index contributed by atoms with van der Waals surface area (Å²) in [5.74, 6) is 0.741. The first-order chi connectivity index (χ1) is 4.04. The molecular weight excluding hydrogens is 244 g/mol. The summed E-state index contributed by atoms with van der Waals surface area (Å²) >= 11 is 7.13. The summed E-state index contributed by atoms with van der Waals surface area (Å²) in [5, 5.41) is 0. The highest BCUT2D eigenvalue weighted by molar-refractivity contribution is 9.10. The first-order valence-electron chi connectivity index (χ1n) is 3.32. The lowest BCUT2D eigenvalue weighted by Gasteiger charge is -2.14. The molecule has 0 aliphatic carbocycles. The molecule has 0 rings (SSSR count). The van der Waals surface area contributed by atoms with Crippen molar-refractivity contribution < 1.29 is 0 Å². The van der Waals surface area contributed by atoms with E-state index in [1.165, 1.54) is 6.42 Å². The van der Waals surface area contributed by atoms with E-state index in [-0.39, 0.29) is 0 Å². The third-order valence-corrected chi connectivity index (χ3v) is 3.08. The molecule has 2 heteroatoms. The molecule has 0 nitrogen and oxygen atoms in total. The summed E-state index contributed by atoms with van der Waals surface area (Å²) in [4.78, 5) is 1.29. The molecule has 0 N–H and O–H groups in total. The van der Waals surface area contributed by atoms with E-state index in [1.54, 1.807) is 0 Å². The normalized spacial score (nSPS) is 18.0. The molecule has 0 aliphatic heterocycles. The Kier molecular flexibility index (Phi) is 5.23. The van der Waals surface area contributed by atoms with Crippen molar-refractivity contribution in [3.63, 3.8) is 0 Å². The van der Waals surface area contributed by atoms with Crippen molar-refractivity contribution in [1.29, 1.82) is 0 Å². The molecule has 0 saturated heterocycles. The van der Waals surface area contributed by atoms with Gasteiger partial charge in [0.25, 0.3) is 0 Å². The van der Waals surface area contributed by atoms with Crippen molar-refractivity contribution in [3.05, 3.63) is 0 Å². The Morgan fingerprint density at radius 3 is 1.67 bits per heavy atom. The largest absolute Gasteiger partial charge is 0.0893 e. The summed E-state index contributed by atoms with van der Waals surface area (Å²) in [5.41, 5.74) is 0. The molecule has 2 unspecified atom stereocenters. The van der Waals surface area contributed by atoms with Crippen LogP contribution in [0, 0.1) is 5.92 Å². The number of hydrogen-bond donors (Lipinski definition) is 0. The zero-order valence-electron chi connectivity index (χ0n) is 6.20. The lowest BCUT2D eigenvalue weighted by atomic mass is 10.1. The van der Waals surface area contributed by atoms with Crippen LogP contribution in [0.5, 0.6) is 0 Å². The van der Waals surface area contributed by atoms with Gasteiger partial charge in [-0.1, -0.05) is 52.6 Å². The molecule has 9 heavy (non-hydrogen) atoms. The minimum absolute atomic E-state index is 0.629. The average Bonchev–Trinajstić information content (AvgIpc) is 1.63. The van der Waals surface area contributed by atoms with Crippen LogP contribution < -0.4 is 0 Å². The Hall–Kier alpha value is 0.960. The summed E-state index contributed by atoms with van der Waals surface area (Å²) in [6.07, 6.45) is 1.21. The zero-order chi connectivity index (χ0) is 7.44. The van der Waals surface area contributed by atoms with E-state index in [2.05, 4.69) is 52.6 Å². The van der Waals surface area contributed by atoms with E-state index in [4.69, 9.17) is 0 Å². The molecular formula is C7H14Br2. The fourth-order valence-electron chi connectivity index (χ4n) is 0.582. The van der Waals surface area contributed by atoms with Crippen LogP contribution >= 0.6 is 31.9 Å². The van der Waals surface area contributed by atoms with E-state index >= 15 is 0 Å². The van der Waals surface area contributed by atoms with Crippen LogP contribution in [0.3, 0.4) is 0 Å². The Balaban J connectivity index is 3.38. The molecule has 0 amide bonds. The summed E-state index contributed by atoms with van der Waals surface area (Å²) in [7, 11) is 0. The first kappa shape index (κ1) is 9.96. The van der Waals surface area contributed by atoms with Gasteiger partial charge in [0.1, 0.15) is 0 Å². The Labute approximate surface area is 74.7 Å². The molecule has 0 saturated carbocycles. The van der Waals surface area contributed by atoms with Crippen LogP contribution in [0.25, 0.3) is 0 Å². The maximum atomic E-state index is 3.61. The van der Waals surface area contributed by atoms with E-state index < -0.39 is 0 Å². The molecule has 0 aromatic rings. The van der Waals surface area contributed by atoms with E-state index in [0.29, 0.717) is 9.65 Å². The molecule has 0 aromatic heterocycles. The van der Waals surface area contributed by atoms with E-state index in [9.17, 15) is 0 Å². The van der Waals surface area contributed by atoms with Crippen LogP contribution in [0.1, 0.15) is 27.2 Å². The van der Waals surface area contributed by atoms with E-state index in [0.717, 1.165) is 5.92 Å². The minimum Gasteiger partial charge on any atom is -0.0893 e. The number of halogens is 2. The molecule has 0 fully saturated rings. The Morgan fingerprint density at radius 1 is 1.11 bits per heavy atom. The van der Waals surface area contributed by atoms with Crippen molar-refractivity contribution in [2.24, 2.45) is 5.92 Å². The fraction of sp³-hybridized carbons (Fsp3) is 1.00. The van der Waals surface area contributed by atoms with Gasteiger partial charge in [-0.25, -0.2) is 0 Å². The average molecular weight is 258 g/mol. The molecule has 0 bridgehead atoms. The van der Waals surface area contributed by atoms with Crippen LogP contribution in [-0.4, -0.2) is 9.65 Å². The lowest BCUT2D eigenvalue weighted by molar-refractivity contribution is 0.583. The summed E-state index contributed by atoms with van der Waals surface area (Å²) in [6.45, 7) is 6.64. The Bertz CT molecular complexity index is 69.3. The Morgan fingerprint density at radius 2 is 1.56 bits per heavy atom. The monoisotopic (exact) mass is 256 g/mol. The van der Waals surface area contributed by atoms with Crippen molar-refractivity contribution in [2.45, 2.75) is 36.8 Å². The van der Waals surface area contributed by atoms with Crippen molar-refractivity contribution in [3.8, 4) is 0 Å². The minimum atomic E-state index is 0.629. The zero-order valence-corrected chi connectivity index (χ0v) is 9.37.